The van der Waals surface area contributed by atoms with E-state index < -0.39 is 15.5 Å². The van der Waals surface area contributed by atoms with Crippen LogP contribution in [0.3, 0.4) is 0 Å². The summed E-state index contributed by atoms with van der Waals surface area (Å²) in [6, 6.07) is 12.4. The molecule has 2 aromatic rings. The second-order valence-corrected chi connectivity index (χ2v) is 9.01. The maximum absolute atomic E-state index is 12.4. The minimum Gasteiger partial charge on any atom is -0.493 e. The summed E-state index contributed by atoms with van der Waals surface area (Å²) in [7, 11) is -3.78. The van der Waals surface area contributed by atoms with Crippen LogP contribution in [0.4, 0.5) is 0 Å². The minimum absolute atomic E-state index is 0.0744. The van der Waals surface area contributed by atoms with Crippen LogP contribution in [0.5, 0.6) is 5.75 Å². The molecule has 1 aliphatic rings. The maximum Gasteiger partial charge on any atom is 0.297 e. The summed E-state index contributed by atoms with van der Waals surface area (Å²) in [6.45, 7) is 4.72. The third-order valence-corrected chi connectivity index (χ3v) is 5.95. The molecule has 2 aromatic carbocycles. The molecule has 24 heavy (non-hydrogen) atoms. The third-order valence-electron chi connectivity index (χ3n) is 4.15. The van der Waals surface area contributed by atoms with E-state index in [-0.39, 0.29) is 11.5 Å². The van der Waals surface area contributed by atoms with Crippen LogP contribution in [-0.2, 0) is 26.1 Å². The summed E-state index contributed by atoms with van der Waals surface area (Å²) in [6.07, 6.45) is 0.886. The van der Waals surface area contributed by atoms with E-state index >= 15 is 0 Å². The Labute approximate surface area is 151 Å². The molecule has 6 heteroatoms. The summed E-state index contributed by atoms with van der Waals surface area (Å²) in [5, 5.41) is 0. The van der Waals surface area contributed by atoms with Gasteiger partial charge in [-0.25, -0.2) is 0 Å². The molecular formula is C18H19BrO4S. The van der Waals surface area contributed by atoms with E-state index in [0.29, 0.717) is 6.61 Å². The molecule has 1 heterocycles. The molecule has 0 atom stereocenters. The lowest BCUT2D eigenvalue weighted by atomic mass is 9.84. The Hall–Kier alpha value is -1.37. The SMILES string of the molecule is CC(C)(COS(=O)(=O)c1ccc(Br)cc1)c1ccc2c(c1)CCO2. The van der Waals surface area contributed by atoms with Crippen molar-refractivity contribution in [3.63, 3.8) is 0 Å². The van der Waals surface area contributed by atoms with Crippen molar-refractivity contribution in [2.45, 2.75) is 30.6 Å². The Kier molecular flexibility index (Phi) is 4.73. The first kappa shape index (κ1) is 17.5. The lowest BCUT2D eigenvalue weighted by Crippen LogP contribution is -2.26. The number of halogens is 1. The average molecular weight is 411 g/mol. The Balaban J connectivity index is 1.76. The molecule has 0 radical (unpaired) electrons. The maximum atomic E-state index is 12.4. The van der Waals surface area contributed by atoms with E-state index in [2.05, 4.69) is 22.0 Å². The number of rotatable bonds is 5. The highest BCUT2D eigenvalue weighted by molar-refractivity contribution is 9.10. The molecule has 0 aromatic heterocycles. The molecule has 1 aliphatic heterocycles. The molecule has 0 spiro atoms. The van der Waals surface area contributed by atoms with Crippen LogP contribution in [0.1, 0.15) is 25.0 Å². The molecule has 128 valence electrons. The molecule has 0 amide bonds. The van der Waals surface area contributed by atoms with Crippen LogP contribution in [-0.4, -0.2) is 21.6 Å². The van der Waals surface area contributed by atoms with Crippen LogP contribution in [0, 0.1) is 0 Å². The van der Waals surface area contributed by atoms with Gasteiger partial charge in [-0.2, -0.15) is 8.42 Å². The molecule has 0 bridgehead atoms. The van der Waals surface area contributed by atoms with Crippen molar-refractivity contribution in [3.05, 3.63) is 58.1 Å². The number of ether oxygens (including phenoxy) is 1. The lowest BCUT2D eigenvalue weighted by molar-refractivity contribution is 0.245. The molecule has 0 fully saturated rings. The number of hydrogen-bond acceptors (Lipinski definition) is 4. The summed E-state index contributed by atoms with van der Waals surface area (Å²) in [5.74, 6) is 0.915. The highest BCUT2D eigenvalue weighted by Crippen LogP contribution is 2.32. The Morgan fingerprint density at radius 1 is 1.17 bits per heavy atom. The average Bonchev–Trinajstić information content (AvgIpc) is 3.01. The van der Waals surface area contributed by atoms with E-state index in [0.717, 1.165) is 27.8 Å². The number of benzene rings is 2. The Bertz CT molecular complexity index is 842. The second kappa shape index (κ2) is 6.50. The monoisotopic (exact) mass is 410 g/mol. The van der Waals surface area contributed by atoms with Gasteiger partial charge in [0.25, 0.3) is 10.1 Å². The van der Waals surface area contributed by atoms with Gasteiger partial charge in [-0.3, -0.25) is 4.18 Å². The molecule has 0 unspecified atom stereocenters. The van der Waals surface area contributed by atoms with Crippen molar-refractivity contribution < 1.29 is 17.3 Å². The number of hydrogen-bond donors (Lipinski definition) is 0. The predicted molar refractivity (Wildman–Crippen MR) is 95.9 cm³/mol. The van der Waals surface area contributed by atoms with Crippen LogP contribution in [0.2, 0.25) is 0 Å². The predicted octanol–water partition coefficient (Wildman–Crippen LogP) is 4.07. The van der Waals surface area contributed by atoms with E-state index in [1.807, 2.05) is 26.0 Å². The second-order valence-electron chi connectivity index (χ2n) is 6.48. The topological polar surface area (TPSA) is 52.6 Å². The van der Waals surface area contributed by atoms with Gasteiger partial charge in [0.05, 0.1) is 18.1 Å². The highest BCUT2D eigenvalue weighted by Gasteiger charge is 2.27. The number of fused-ring (bicyclic) bond motifs is 1. The van der Waals surface area contributed by atoms with E-state index in [1.54, 1.807) is 12.1 Å². The van der Waals surface area contributed by atoms with Crippen molar-refractivity contribution in [1.29, 1.82) is 0 Å². The summed E-state index contributed by atoms with van der Waals surface area (Å²) >= 11 is 3.29. The van der Waals surface area contributed by atoms with Crippen molar-refractivity contribution in [1.82, 2.24) is 0 Å². The van der Waals surface area contributed by atoms with E-state index in [4.69, 9.17) is 8.92 Å². The van der Waals surface area contributed by atoms with Crippen molar-refractivity contribution in [2.75, 3.05) is 13.2 Å². The van der Waals surface area contributed by atoms with Gasteiger partial charge in [-0.1, -0.05) is 41.9 Å². The minimum atomic E-state index is -3.78. The highest BCUT2D eigenvalue weighted by atomic mass is 79.9. The zero-order chi connectivity index (χ0) is 17.4. The van der Waals surface area contributed by atoms with Gasteiger partial charge in [0.2, 0.25) is 0 Å². The van der Waals surface area contributed by atoms with Gasteiger partial charge in [0, 0.05) is 16.3 Å². The molecule has 0 N–H and O–H groups in total. The van der Waals surface area contributed by atoms with Crippen LogP contribution in [0.15, 0.2) is 51.8 Å². The molecule has 0 saturated carbocycles. The zero-order valence-corrected chi connectivity index (χ0v) is 16.0. The van der Waals surface area contributed by atoms with Gasteiger partial charge in [0.15, 0.2) is 0 Å². The zero-order valence-electron chi connectivity index (χ0n) is 13.6. The normalized spacial score (nSPS) is 14.3. The molecule has 0 aliphatic carbocycles. The van der Waals surface area contributed by atoms with Crippen LogP contribution >= 0.6 is 15.9 Å². The fourth-order valence-electron chi connectivity index (χ4n) is 2.59. The first-order valence-corrected chi connectivity index (χ1v) is 9.89. The van der Waals surface area contributed by atoms with Gasteiger partial charge < -0.3 is 4.74 Å². The van der Waals surface area contributed by atoms with Crippen LogP contribution < -0.4 is 4.74 Å². The van der Waals surface area contributed by atoms with E-state index in [9.17, 15) is 8.42 Å². The standard InChI is InChI=1S/C18H19BrO4S/c1-18(2,14-3-8-17-13(11-14)9-10-22-17)12-23-24(20,21)16-6-4-15(19)5-7-16/h3-8,11H,9-10,12H2,1-2H3. The Morgan fingerprint density at radius 2 is 1.88 bits per heavy atom. The van der Waals surface area contributed by atoms with Crippen LogP contribution in [0.25, 0.3) is 0 Å². The van der Waals surface area contributed by atoms with Gasteiger partial charge in [-0.05, 0) is 41.5 Å². The summed E-state index contributed by atoms with van der Waals surface area (Å²) in [5.41, 5.74) is 1.77. The summed E-state index contributed by atoms with van der Waals surface area (Å²) < 4.78 is 36.4. The molecule has 4 nitrogen and oxygen atoms in total. The van der Waals surface area contributed by atoms with Crippen molar-refractivity contribution in [2.24, 2.45) is 0 Å². The lowest BCUT2D eigenvalue weighted by Gasteiger charge is -2.25. The van der Waals surface area contributed by atoms with Gasteiger partial charge in [0.1, 0.15) is 5.75 Å². The molecule has 3 rings (SSSR count). The largest absolute Gasteiger partial charge is 0.493 e. The fraction of sp³-hybridized carbons (Fsp3) is 0.333. The van der Waals surface area contributed by atoms with Gasteiger partial charge >= 0.3 is 0 Å². The third kappa shape index (κ3) is 3.66. The van der Waals surface area contributed by atoms with Crippen molar-refractivity contribution in [3.8, 4) is 5.75 Å². The summed E-state index contributed by atoms with van der Waals surface area (Å²) in [4.78, 5) is 0.156. The smallest absolute Gasteiger partial charge is 0.297 e. The molecule has 0 saturated heterocycles. The first-order chi connectivity index (χ1) is 11.3. The van der Waals surface area contributed by atoms with Crippen molar-refractivity contribution >= 4 is 26.0 Å². The quantitative estimate of drug-likeness (QED) is 0.697. The van der Waals surface area contributed by atoms with Gasteiger partial charge in [-0.15, -0.1) is 0 Å². The fourth-order valence-corrected chi connectivity index (χ4v) is 3.90. The molecular weight excluding hydrogens is 392 g/mol. The van der Waals surface area contributed by atoms with E-state index in [1.165, 1.54) is 12.1 Å². The Morgan fingerprint density at radius 3 is 2.58 bits per heavy atom. The first-order valence-electron chi connectivity index (χ1n) is 7.69.